The third kappa shape index (κ3) is 2.86. The first-order valence-electron chi connectivity index (χ1n) is 4.58. The zero-order valence-corrected chi connectivity index (χ0v) is 10.8. The van der Waals surface area contributed by atoms with E-state index >= 15 is 0 Å². The molecule has 0 atom stereocenters. The molecular formula is C10H13BrClN3. The van der Waals surface area contributed by atoms with Crippen molar-refractivity contribution in [1.82, 2.24) is 5.32 Å². The topological polar surface area (TPSA) is 36.4 Å². The minimum Gasteiger partial charge on any atom is -0.354 e. The zero-order chi connectivity index (χ0) is 9.97. The van der Waals surface area contributed by atoms with Crippen LogP contribution in [-0.4, -0.2) is 19.0 Å². The molecule has 0 spiro atoms. The van der Waals surface area contributed by atoms with Gasteiger partial charge in [-0.1, -0.05) is 22.0 Å². The minimum absolute atomic E-state index is 0. The third-order valence-corrected chi connectivity index (χ3v) is 3.05. The Morgan fingerprint density at radius 2 is 2.27 bits per heavy atom. The molecule has 1 aromatic carbocycles. The normalized spacial score (nSPS) is 13.9. The maximum absolute atomic E-state index is 4.28. The van der Waals surface area contributed by atoms with Crippen LogP contribution in [0.25, 0.3) is 0 Å². The number of aliphatic imine (C=N–C) groups is 1. The van der Waals surface area contributed by atoms with Crippen LogP contribution in [-0.2, 0) is 0 Å². The molecule has 0 aliphatic carbocycles. The molecular weight excluding hydrogens is 277 g/mol. The van der Waals surface area contributed by atoms with Crippen LogP contribution in [0.3, 0.4) is 0 Å². The predicted octanol–water partition coefficient (Wildman–Crippen LogP) is 2.55. The molecule has 0 saturated carbocycles. The molecule has 0 radical (unpaired) electrons. The summed E-state index contributed by atoms with van der Waals surface area (Å²) in [5.41, 5.74) is 2.29. The van der Waals surface area contributed by atoms with Gasteiger partial charge in [0.15, 0.2) is 5.96 Å². The molecule has 0 amide bonds. The summed E-state index contributed by atoms with van der Waals surface area (Å²) < 4.78 is 1.11. The summed E-state index contributed by atoms with van der Waals surface area (Å²) in [6.07, 6.45) is 0. The Balaban J connectivity index is 0.00000112. The number of anilines is 1. The van der Waals surface area contributed by atoms with E-state index in [1.165, 1.54) is 5.56 Å². The standard InChI is InChI=1S/C10H12BrN3.ClH/c1-7-8(11)3-2-4-9(7)14-10-12-5-6-13-10;/h2-4H,5-6H2,1H3,(H2,12,13,14);1H. The molecule has 0 aromatic heterocycles. The number of benzene rings is 1. The van der Waals surface area contributed by atoms with Gasteiger partial charge < -0.3 is 10.6 Å². The fourth-order valence-corrected chi connectivity index (χ4v) is 1.72. The number of hydrogen-bond acceptors (Lipinski definition) is 3. The Kier molecular flexibility index (Phi) is 4.42. The van der Waals surface area contributed by atoms with E-state index in [1.54, 1.807) is 0 Å². The number of guanidine groups is 1. The van der Waals surface area contributed by atoms with Crippen molar-refractivity contribution >= 4 is 40.0 Å². The van der Waals surface area contributed by atoms with Gasteiger partial charge >= 0.3 is 0 Å². The number of halogens is 2. The van der Waals surface area contributed by atoms with Crippen LogP contribution in [0.15, 0.2) is 27.7 Å². The van der Waals surface area contributed by atoms with Crippen LogP contribution >= 0.6 is 28.3 Å². The molecule has 15 heavy (non-hydrogen) atoms. The van der Waals surface area contributed by atoms with Crippen molar-refractivity contribution < 1.29 is 0 Å². The van der Waals surface area contributed by atoms with E-state index in [4.69, 9.17) is 0 Å². The zero-order valence-electron chi connectivity index (χ0n) is 8.38. The van der Waals surface area contributed by atoms with Crippen molar-refractivity contribution in [3.05, 3.63) is 28.2 Å². The molecule has 2 N–H and O–H groups in total. The second kappa shape index (κ2) is 5.37. The molecule has 5 heteroatoms. The molecule has 2 rings (SSSR count). The van der Waals surface area contributed by atoms with Gasteiger partial charge in [-0.3, -0.25) is 4.99 Å². The van der Waals surface area contributed by atoms with Gasteiger partial charge in [-0.05, 0) is 24.6 Å². The van der Waals surface area contributed by atoms with Gasteiger partial charge in [0.05, 0.1) is 6.54 Å². The summed E-state index contributed by atoms with van der Waals surface area (Å²) >= 11 is 3.50. The Hall–Kier alpha value is -0.740. The summed E-state index contributed by atoms with van der Waals surface area (Å²) in [5.74, 6) is 0.867. The lowest BCUT2D eigenvalue weighted by molar-refractivity contribution is 0.959. The van der Waals surface area contributed by atoms with Crippen molar-refractivity contribution in [2.45, 2.75) is 6.92 Å². The van der Waals surface area contributed by atoms with Gasteiger partial charge in [-0.25, -0.2) is 0 Å². The molecule has 1 aliphatic heterocycles. The first kappa shape index (κ1) is 12.3. The Morgan fingerprint density at radius 1 is 1.47 bits per heavy atom. The van der Waals surface area contributed by atoms with Crippen LogP contribution in [0.4, 0.5) is 5.69 Å². The van der Waals surface area contributed by atoms with Crippen LogP contribution in [0.5, 0.6) is 0 Å². The van der Waals surface area contributed by atoms with Crippen LogP contribution in [0, 0.1) is 6.92 Å². The summed E-state index contributed by atoms with van der Waals surface area (Å²) in [7, 11) is 0. The van der Waals surface area contributed by atoms with Crippen molar-refractivity contribution in [3.8, 4) is 0 Å². The van der Waals surface area contributed by atoms with Gasteiger partial charge in [0.2, 0.25) is 0 Å². The second-order valence-electron chi connectivity index (χ2n) is 3.19. The lowest BCUT2D eigenvalue weighted by Gasteiger charge is -2.10. The van der Waals surface area contributed by atoms with E-state index in [0.717, 1.165) is 29.2 Å². The Labute approximate surface area is 104 Å². The first-order valence-corrected chi connectivity index (χ1v) is 5.37. The van der Waals surface area contributed by atoms with Crippen molar-refractivity contribution in [2.75, 3.05) is 18.4 Å². The van der Waals surface area contributed by atoms with Crippen LogP contribution in [0.2, 0.25) is 0 Å². The van der Waals surface area contributed by atoms with E-state index in [1.807, 2.05) is 18.2 Å². The molecule has 1 aliphatic rings. The summed E-state index contributed by atoms with van der Waals surface area (Å²) in [6.45, 7) is 3.85. The monoisotopic (exact) mass is 289 g/mol. The third-order valence-electron chi connectivity index (χ3n) is 2.19. The van der Waals surface area contributed by atoms with E-state index in [2.05, 4.69) is 38.5 Å². The van der Waals surface area contributed by atoms with Crippen molar-refractivity contribution in [1.29, 1.82) is 0 Å². The number of rotatable bonds is 1. The lowest BCUT2D eigenvalue weighted by atomic mass is 10.2. The van der Waals surface area contributed by atoms with Gasteiger partial charge in [0.1, 0.15) is 0 Å². The van der Waals surface area contributed by atoms with Gasteiger partial charge in [0.25, 0.3) is 0 Å². The van der Waals surface area contributed by atoms with Crippen molar-refractivity contribution in [3.63, 3.8) is 0 Å². The lowest BCUT2D eigenvalue weighted by Crippen LogP contribution is -2.26. The maximum Gasteiger partial charge on any atom is 0.195 e. The minimum atomic E-state index is 0. The second-order valence-corrected chi connectivity index (χ2v) is 4.05. The highest BCUT2D eigenvalue weighted by atomic mass is 79.9. The van der Waals surface area contributed by atoms with E-state index < -0.39 is 0 Å². The molecule has 1 aromatic rings. The first-order chi connectivity index (χ1) is 6.77. The quantitative estimate of drug-likeness (QED) is 0.834. The van der Waals surface area contributed by atoms with E-state index in [-0.39, 0.29) is 12.4 Å². The molecule has 0 bridgehead atoms. The molecule has 82 valence electrons. The summed E-state index contributed by atoms with van der Waals surface area (Å²) in [5, 5.41) is 6.43. The number of hydrogen-bond donors (Lipinski definition) is 2. The summed E-state index contributed by atoms with van der Waals surface area (Å²) in [6, 6.07) is 6.09. The summed E-state index contributed by atoms with van der Waals surface area (Å²) in [4.78, 5) is 4.28. The number of nitrogens with one attached hydrogen (secondary N) is 2. The highest BCUT2D eigenvalue weighted by molar-refractivity contribution is 9.10. The molecule has 3 nitrogen and oxygen atoms in total. The Bertz CT molecular complexity index is 379. The largest absolute Gasteiger partial charge is 0.354 e. The van der Waals surface area contributed by atoms with Crippen LogP contribution < -0.4 is 10.6 Å². The van der Waals surface area contributed by atoms with Crippen molar-refractivity contribution in [2.24, 2.45) is 4.99 Å². The molecule has 1 heterocycles. The van der Waals surface area contributed by atoms with Gasteiger partial charge in [-0.15, -0.1) is 12.4 Å². The molecule has 0 unspecified atom stereocenters. The molecule has 0 saturated heterocycles. The average molecular weight is 291 g/mol. The number of nitrogens with zero attached hydrogens (tertiary/aromatic N) is 1. The highest BCUT2D eigenvalue weighted by Crippen LogP contribution is 2.23. The molecule has 0 fully saturated rings. The van der Waals surface area contributed by atoms with E-state index in [0.29, 0.717) is 0 Å². The fraction of sp³-hybridized carbons (Fsp3) is 0.300. The predicted molar refractivity (Wildman–Crippen MR) is 70.1 cm³/mol. The Morgan fingerprint density at radius 3 is 2.93 bits per heavy atom. The maximum atomic E-state index is 4.28. The SMILES string of the molecule is Cc1c(Br)cccc1NC1=NCCN1.Cl. The fourth-order valence-electron chi connectivity index (χ4n) is 1.35. The highest BCUT2D eigenvalue weighted by Gasteiger charge is 2.07. The average Bonchev–Trinajstić information content (AvgIpc) is 2.66. The van der Waals surface area contributed by atoms with Gasteiger partial charge in [0, 0.05) is 16.7 Å². The van der Waals surface area contributed by atoms with Crippen LogP contribution in [0.1, 0.15) is 5.56 Å². The van der Waals surface area contributed by atoms with Gasteiger partial charge in [-0.2, -0.15) is 0 Å². The smallest absolute Gasteiger partial charge is 0.195 e. The van der Waals surface area contributed by atoms with E-state index in [9.17, 15) is 0 Å².